The van der Waals surface area contributed by atoms with Crippen LogP contribution in [0.2, 0.25) is 0 Å². The van der Waals surface area contributed by atoms with Crippen molar-refractivity contribution in [3.05, 3.63) is 47.7 Å². The summed E-state index contributed by atoms with van der Waals surface area (Å²) in [6, 6.07) is 7.90. The predicted molar refractivity (Wildman–Crippen MR) is 169 cm³/mol. The third-order valence-electron chi connectivity index (χ3n) is 9.30. The molecule has 242 valence electrons. The second kappa shape index (κ2) is 13.7. The lowest BCUT2D eigenvalue weighted by atomic mass is 9.72. The van der Waals surface area contributed by atoms with E-state index in [4.69, 9.17) is 14.5 Å². The number of benzene rings is 1. The van der Waals surface area contributed by atoms with Gasteiger partial charge in [0.25, 0.3) is 11.8 Å². The number of esters is 1. The average Bonchev–Trinajstić information content (AvgIpc) is 3.04. The van der Waals surface area contributed by atoms with Crippen molar-refractivity contribution in [3.63, 3.8) is 0 Å². The van der Waals surface area contributed by atoms with Gasteiger partial charge in [0, 0.05) is 19.0 Å². The number of nitrogens with one attached hydrogen (secondary N) is 3. The highest BCUT2D eigenvalue weighted by molar-refractivity contribution is 5.92. The highest BCUT2D eigenvalue weighted by Gasteiger charge is 2.44. The molecule has 5 rings (SSSR count). The first kappa shape index (κ1) is 32.6. The van der Waals surface area contributed by atoms with Crippen LogP contribution in [0, 0.1) is 11.3 Å². The van der Waals surface area contributed by atoms with Crippen LogP contribution in [0.25, 0.3) is 17.0 Å². The lowest BCUT2D eigenvalue weighted by Gasteiger charge is -2.37. The van der Waals surface area contributed by atoms with Gasteiger partial charge >= 0.3 is 5.97 Å². The Bertz CT molecular complexity index is 1470. The number of carbonyl (C=O) groups is 4. The number of cyclic esters (lactones) is 1. The van der Waals surface area contributed by atoms with Gasteiger partial charge in [-0.3, -0.25) is 29.2 Å². The second-order valence-corrected chi connectivity index (χ2v) is 13.0. The molecule has 5 bridgehead atoms. The van der Waals surface area contributed by atoms with Crippen LogP contribution < -0.4 is 16.1 Å². The fourth-order valence-electron chi connectivity index (χ4n) is 6.37. The lowest BCUT2D eigenvalue weighted by Crippen LogP contribution is -2.61. The zero-order valence-corrected chi connectivity index (χ0v) is 26.8. The van der Waals surface area contributed by atoms with E-state index in [0.29, 0.717) is 50.8 Å². The Morgan fingerprint density at radius 1 is 0.978 bits per heavy atom. The summed E-state index contributed by atoms with van der Waals surface area (Å²) in [5, 5.41) is 8.14. The maximum Gasteiger partial charge on any atom is 0.316 e. The largest absolute Gasteiger partial charge is 0.451 e. The van der Waals surface area contributed by atoms with Crippen LogP contribution in [0.5, 0.6) is 0 Å². The maximum absolute atomic E-state index is 14.0. The summed E-state index contributed by atoms with van der Waals surface area (Å²) in [5.74, 6) is -1.95. The minimum Gasteiger partial charge on any atom is -0.451 e. The molecule has 0 unspecified atom stereocenters. The number of rotatable bonds is 2. The van der Waals surface area contributed by atoms with Crippen LogP contribution in [-0.2, 0) is 28.7 Å². The SMILES string of the molecule is COC1CCC2(/C=C/c3ccc4ccc(nc4c3)[C@@H](C)NC(=O)[C@@H]3CCCN(N3)C(=O)[C@H](C)NC(=O)[C@H](C(C)C)OC2=O)CC1. The van der Waals surface area contributed by atoms with Crippen LogP contribution >= 0.6 is 0 Å². The average molecular weight is 620 g/mol. The Morgan fingerprint density at radius 3 is 2.40 bits per heavy atom. The number of aromatic nitrogens is 1. The Hall–Kier alpha value is -3.83. The topological polar surface area (TPSA) is 139 Å². The van der Waals surface area contributed by atoms with Gasteiger partial charge in [0.05, 0.1) is 28.8 Å². The molecule has 1 spiro atoms. The van der Waals surface area contributed by atoms with Crippen molar-refractivity contribution in [1.82, 2.24) is 26.1 Å². The summed E-state index contributed by atoms with van der Waals surface area (Å²) in [7, 11) is 1.68. The first-order valence-electron chi connectivity index (χ1n) is 16.0. The zero-order chi connectivity index (χ0) is 32.3. The van der Waals surface area contributed by atoms with Crippen molar-refractivity contribution in [2.45, 2.75) is 96.6 Å². The van der Waals surface area contributed by atoms with E-state index in [1.165, 1.54) is 5.01 Å². The number of amides is 3. The van der Waals surface area contributed by atoms with E-state index in [-0.39, 0.29) is 29.9 Å². The van der Waals surface area contributed by atoms with Crippen molar-refractivity contribution in [3.8, 4) is 0 Å². The Balaban J connectivity index is 1.53. The number of pyridine rings is 1. The molecule has 2 fully saturated rings. The predicted octanol–water partition coefficient (Wildman–Crippen LogP) is 3.58. The molecule has 3 amide bonds. The zero-order valence-electron chi connectivity index (χ0n) is 26.8. The van der Waals surface area contributed by atoms with Gasteiger partial charge in [0.15, 0.2) is 6.10 Å². The molecule has 2 aliphatic heterocycles. The lowest BCUT2D eigenvalue weighted by molar-refractivity contribution is -0.169. The minimum atomic E-state index is -1.09. The van der Waals surface area contributed by atoms with Gasteiger partial charge in [-0.05, 0) is 76.0 Å². The third kappa shape index (κ3) is 7.20. The molecular formula is C34H45N5O6. The molecule has 1 aromatic heterocycles. The van der Waals surface area contributed by atoms with Crippen LogP contribution in [0.4, 0.5) is 0 Å². The molecule has 2 aromatic rings. The molecule has 4 atom stereocenters. The van der Waals surface area contributed by atoms with Crippen molar-refractivity contribution in [2.24, 2.45) is 11.3 Å². The van der Waals surface area contributed by atoms with Crippen molar-refractivity contribution >= 4 is 40.7 Å². The first-order valence-corrected chi connectivity index (χ1v) is 16.0. The summed E-state index contributed by atoms with van der Waals surface area (Å²) in [5.41, 5.74) is 4.44. The number of fused-ring (bicyclic) bond motifs is 4. The van der Waals surface area contributed by atoms with Gasteiger partial charge in [-0.1, -0.05) is 44.2 Å². The molecule has 3 aliphatic rings. The quantitative estimate of drug-likeness (QED) is 0.434. The molecule has 3 heterocycles. The van der Waals surface area contributed by atoms with Gasteiger partial charge in [0.2, 0.25) is 5.91 Å². The minimum absolute atomic E-state index is 0.0480. The van der Waals surface area contributed by atoms with Gasteiger partial charge in [-0.15, -0.1) is 0 Å². The molecule has 11 nitrogen and oxygen atoms in total. The molecule has 1 aliphatic carbocycles. The Morgan fingerprint density at radius 2 is 1.69 bits per heavy atom. The van der Waals surface area contributed by atoms with Gasteiger partial charge in [-0.25, -0.2) is 5.43 Å². The van der Waals surface area contributed by atoms with E-state index >= 15 is 0 Å². The second-order valence-electron chi connectivity index (χ2n) is 13.0. The van der Waals surface area contributed by atoms with Crippen LogP contribution in [0.3, 0.4) is 0 Å². The Labute approximate surface area is 264 Å². The number of nitrogens with zero attached hydrogens (tertiary/aromatic N) is 2. The normalized spacial score (nSPS) is 31.1. The molecule has 11 heteroatoms. The number of ether oxygens (including phenoxy) is 2. The fraction of sp³-hybridized carbons (Fsp3) is 0.559. The van der Waals surface area contributed by atoms with Crippen molar-refractivity contribution in [2.75, 3.05) is 13.7 Å². The number of carbonyl (C=O) groups excluding carboxylic acids is 4. The number of hydrogen-bond acceptors (Lipinski definition) is 8. The first-order chi connectivity index (χ1) is 21.5. The van der Waals surface area contributed by atoms with E-state index in [9.17, 15) is 19.2 Å². The van der Waals surface area contributed by atoms with Crippen LogP contribution in [0.1, 0.15) is 83.5 Å². The van der Waals surface area contributed by atoms with E-state index in [2.05, 4.69) is 16.1 Å². The molecule has 1 aromatic carbocycles. The summed E-state index contributed by atoms with van der Waals surface area (Å²) in [6.07, 6.45) is 6.33. The highest BCUT2D eigenvalue weighted by atomic mass is 16.6. The maximum atomic E-state index is 14.0. The highest BCUT2D eigenvalue weighted by Crippen LogP contribution is 2.41. The molecule has 0 radical (unpaired) electrons. The number of hydrogen-bond donors (Lipinski definition) is 3. The van der Waals surface area contributed by atoms with Crippen molar-refractivity contribution < 1.29 is 28.7 Å². The smallest absolute Gasteiger partial charge is 0.316 e. The van der Waals surface area contributed by atoms with Gasteiger partial charge < -0.3 is 20.1 Å². The molecule has 1 saturated carbocycles. The van der Waals surface area contributed by atoms with Crippen molar-refractivity contribution in [1.29, 1.82) is 0 Å². The van der Waals surface area contributed by atoms with E-state index in [1.54, 1.807) is 14.0 Å². The third-order valence-corrected chi connectivity index (χ3v) is 9.30. The van der Waals surface area contributed by atoms with Gasteiger partial charge in [-0.2, -0.15) is 0 Å². The monoisotopic (exact) mass is 619 g/mol. The summed E-state index contributed by atoms with van der Waals surface area (Å²) >= 11 is 0. The number of hydrazine groups is 1. The van der Waals surface area contributed by atoms with E-state index in [0.717, 1.165) is 16.5 Å². The van der Waals surface area contributed by atoms with E-state index < -0.39 is 35.5 Å². The summed E-state index contributed by atoms with van der Waals surface area (Å²) in [6.45, 7) is 7.48. The molecule has 1 saturated heterocycles. The summed E-state index contributed by atoms with van der Waals surface area (Å²) in [4.78, 5) is 59.0. The van der Waals surface area contributed by atoms with Crippen LogP contribution in [0.15, 0.2) is 36.4 Å². The Kier molecular flexibility index (Phi) is 9.88. The van der Waals surface area contributed by atoms with Gasteiger partial charge in [0.1, 0.15) is 12.1 Å². The molecular weight excluding hydrogens is 574 g/mol. The summed E-state index contributed by atoms with van der Waals surface area (Å²) < 4.78 is 11.6. The van der Waals surface area contributed by atoms with Crippen LogP contribution in [-0.4, -0.2) is 71.6 Å². The standard InChI is InChI=1S/C34H45N5O6/c1-20(2)29-31(41)36-22(4)32(42)39-18-6-7-27(38-39)30(40)35-21(3)26-11-10-24-9-8-23(19-28(24)37-26)12-15-34(33(43)45-29)16-13-25(44-5)14-17-34/h8-12,15,19-22,25,27,29,38H,6-7,13-14,16-18H2,1-5H3,(H,35,40)(H,36,41)/b15-12+/t21-,22+,25?,27+,29+,34?/m1/s1. The van der Waals surface area contributed by atoms with E-state index in [1.807, 2.05) is 63.3 Å². The molecule has 3 N–H and O–H groups in total. The fourth-order valence-corrected chi connectivity index (χ4v) is 6.37. The number of methoxy groups -OCH3 is 1. The molecule has 45 heavy (non-hydrogen) atoms.